The van der Waals surface area contributed by atoms with E-state index in [-0.39, 0.29) is 17.9 Å². The Balaban J connectivity index is 2.43. The monoisotopic (exact) mass is 250 g/mol. The summed E-state index contributed by atoms with van der Waals surface area (Å²) < 4.78 is 5.46. The van der Waals surface area contributed by atoms with Crippen molar-refractivity contribution in [2.75, 3.05) is 13.2 Å². The van der Waals surface area contributed by atoms with E-state index >= 15 is 0 Å². The molecule has 4 nitrogen and oxygen atoms in total. The van der Waals surface area contributed by atoms with E-state index in [1.165, 1.54) is 0 Å². The fourth-order valence-electron chi connectivity index (χ4n) is 1.37. The van der Waals surface area contributed by atoms with Gasteiger partial charge in [-0.25, -0.2) is 0 Å². The van der Waals surface area contributed by atoms with Gasteiger partial charge in [-0.05, 0) is 11.5 Å². The second-order valence-electron chi connectivity index (χ2n) is 5.44. The number of rotatable bonds is 5. The van der Waals surface area contributed by atoms with Crippen molar-refractivity contribution in [3.8, 4) is 5.75 Å². The standard InChI is InChI=1S/C14H22N2O2/c1-14(2,3)10-16-13(17)9-18-12-7-5-4-6-11(12)8-15/h4-7H,8-10,15H2,1-3H3,(H,16,17). The maximum Gasteiger partial charge on any atom is 0.257 e. The molecule has 100 valence electrons. The molecule has 4 heteroatoms. The fraction of sp³-hybridized carbons (Fsp3) is 0.500. The average molecular weight is 250 g/mol. The topological polar surface area (TPSA) is 64.3 Å². The maximum absolute atomic E-state index is 11.6. The third-order valence-electron chi connectivity index (χ3n) is 2.37. The summed E-state index contributed by atoms with van der Waals surface area (Å²) in [5.74, 6) is 0.558. The zero-order valence-corrected chi connectivity index (χ0v) is 11.3. The number of hydrogen-bond donors (Lipinski definition) is 2. The van der Waals surface area contributed by atoms with Gasteiger partial charge in [-0.1, -0.05) is 39.0 Å². The number of amides is 1. The van der Waals surface area contributed by atoms with Crippen LogP contribution in [0, 0.1) is 5.41 Å². The molecule has 0 saturated carbocycles. The Morgan fingerprint density at radius 2 is 2.00 bits per heavy atom. The first-order chi connectivity index (χ1) is 8.42. The van der Waals surface area contributed by atoms with Gasteiger partial charge < -0.3 is 15.8 Å². The van der Waals surface area contributed by atoms with Gasteiger partial charge in [-0.3, -0.25) is 4.79 Å². The second kappa shape index (κ2) is 6.40. The minimum Gasteiger partial charge on any atom is -0.483 e. The van der Waals surface area contributed by atoms with Crippen molar-refractivity contribution in [2.24, 2.45) is 11.1 Å². The molecule has 1 rings (SSSR count). The SMILES string of the molecule is CC(C)(C)CNC(=O)COc1ccccc1CN. The van der Waals surface area contributed by atoms with Crippen molar-refractivity contribution < 1.29 is 9.53 Å². The fourth-order valence-corrected chi connectivity index (χ4v) is 1.37. The summed E-state index contributed by atoms with van der Waals surface area (Å²) in [6.45, 7) is 7.26. The molecule has 0 aromatic heterocycles. The lowest BCUT2D eigenvalue weighted by Gasteiger charge is -2.18. The van der Waals surface area contributed by atoms with Gasteiger partial charge in [0, 0.05) is 18.7 Å². The average Bonchev–Trinajstić information content (AvgIpc) is 2.33. The van der Waals surface area contributed by atoms with E-state index in [9.17, 15) is 4.79 Å². The van der Waals surface area contributed by atoms with Crippen molar-refractivity contribution in [1.29, 1.82) is 0 Å². The summed E-state index contributed by atoms with van der Waals surface area (Å²) in [4.78, 5) is 11.6. The highest BCUT2D eigenvalue weighted by Crippen LogP contribution is 2.16. The number of hydrogen-bond acceptors (Lipinski definition) is 3. The molecule has 3 N–H and O–H groups in total. The zero-order chi connectivity index (χ0) is 13.6. The molecule has 0 bridgehead atoms. The molecule has 0 saturated heterocycles. The smallest absolute Gasteiger partial charge is 0.257 e. The van der Waals surface area contributed by atoms with Gasteiger partial charge >= 0.3 is 0 Å². The van der Waals surface area contributed by atoms with Crippen LogP contribution in [0.1, 0.15) is 26.3 Å². The number of carbonyl (C=O) groups excluding carboxylic acids is 1. The number of ether oxygens (including phenoxy) is 1. The van der Waals surface area contributed by atoms with E-state index in [2.05, 4.69) is 26.1 Å². The van der Waals surface area contributed by atoms with Crippen molar-refractivity contribution in [3.05, 3.63) is 29.8 Å². The Labute approximate surface area is 109 Å². The van der Waals surface area contributed by atoms with Crippen LogP contribution in [-0.4, -0.2) is 19.1 Å². The van der Waals surface area contributed by atoms with Gasteiger partial charge in [0.1, 0.15) is 5.75 Å². The first-order valence-corrected chi connectivity index (χ1v) is 6.10. The molecule has 0 aliphatic rings. The summed E-state index contributed by atoms with van der Waals surface area (Å²) in [7, 11) is 0. The highest BCUT2D eigenvalue weighted by atomic mass is 16.5. The summed E-state index contributed by atoms with van der Waals surface area (Å²) in [6, 6.07) is 7.47. The molecule has 0 unspecified atom stereocenters. The quantitative estimate of drug-likeness (QED) is 0.835. The minimum atomic E-state index is -0.114. The molecular formula is C14H22N2O2. The largest absolute Gasteiger partial charge is 0.483 e. The van der Waals surface area contributed by atoms with Crippen LogP contribution >= 0.6 is 0 Å². The summed E-state index contributed by atoms with van der Waals surface area (Å²) in [5, 5.41) is 2.84. The van der Waals surface area contributed by atoms with E-state index in [4.69, 9.17) is 10.5 Å². The van der Waals surface area contributed by atoms with Crippen molar-refractivity contribution in [3.63, 3.8) is 0 Å². The summed E-state index contributed by atoms with van der Waals surface area (Å²) in [5.41, 5.74) is 6.57. The molecule has 0 aliphatic heterocycles. The van der Waals surface area contributed by atoms with E-state index < -0.39 is 0 Å². The van der Waals surface area contributed by atoms with Crippen LogP contribution < -0.4 is 15.8 Å². The lowest BCUT2D eigenvalue weighted by molar-refractivity contribution is -0.123. The van der Waals surface area contributed by atoms with Gasteiger partial charge in [0.2, 0.25) is 0 Å². The van der Waals surface area contributed by atoms with Crippen molar-refractivity contribution in [2.45, 2.75) is 27.3 Å². The van der Waals surface area contributed by atoms with Crippen LogP contribution in [0.5, 0.6) is 5.75 Å². The van der Waals surface area contributed by atoms with Crippen LogP contribution in [0.3, 0.4) is 0 Å². The second-order valence-corrected chi connectivity index (χ2v) is 5.44. The molecule has 0 atom stereocenters. The first-order valence-electron chi connectivity index (χ1n) is 6.10. The molecule has 0 fully saturated rings. The van der Waals surface area contributed by atoms with E-state index in [1.54, 1.807) is 0 Å². The first kappa shape index (κ1) is 14.5. The Morgan fingerprint density at radius 3 is 2.61 bits per heavy atom. The van der Waals surface area contributed by atoms with Crippen LogP contribution in [0.2, 0.25) is 0 Å². The van der Waals surface area contributed by atoms with Crippen LogP contribution in [0.15, 0.2) is 24.3 Å². The Kier molecular flexibility index (Phi) is 5.16. The van der Waals surface area contributed by atoms with Gasteiger partial charge in [-0.15, -0.1) is 0 Å². The van der Waals surface area contributed by atoms with Gasteiger partial charge in [0.05, 0.1) is 0 Å². The lowest BCUT2D eigenvalue weighted by Crippen LogP contribution is -2.35. The zero-order valence-electron chi connectivity index (χ0n) is 11.3. The number of nitrogens with two attached hydrogens (primary N) is 1. The molecule has 0 heterocycles. The highest BCUT2D eigenvalue weighted by molar-refractivity contribution is 5.77. The highest BCUT2D eigenvalue weighted by Gasteiger charge is 2.12. The van der Waals surface area contributed by atoms with E-state index in [0.717, 1.165) is 5.56 Å². The predicted molar refractivity (Wildman–Crippen MR) is 72.3 cm³/mol. The molecule has 1 aromatic rings. The number of nitrogens with one attached hydrogen (secondary N) is 1. The number of carbonyl (C=O) groups is 1. The lowest BCUT2D eigenvalue weighted by atomic mass is 9.97. The molecule has 18 heavy (non-hydrogen) atoms. The molecule has 0 radical (unpaired) electrons. The number of para-hydroxylation sites is 1. The van der Waals surface area contributed by atoms with Gasteiger partial charge in [-0.2, -0.15) is 0 Å². The molecule has 0 spiro atoms. The third-order valence-corrected chi connectivity index (χ3v) is 2.37. The normalized spacial score (nSPS) is 11.1. The summed E-state index contributed by atoms with van der Waals surface area (Å²) in [6.07, 6.45) is 0. The van der Waals surface area contributed by atoms with Crippen LogP contribution in [0.4, 0.5) is 0 Å². The van der Waals surface area contributed by atoms with Gasteiger partial charge in [0.15, 0.2) is 6.61 Å². The van der Waals surface area contributed by atoms with Crippen molar-refractivity contribution in [1.82, 2.24) is 5.32 Å². The molecule has 0 aliphatic carbocycles. The maximum atomic E-state index is 11.6. The Hall–Kier alpha value is -1.55. The van der Waals surface area contributed by atoms with E-state index in [0.29, 0.717) is 18.8 Å². The molecule has 1 aromatic carbocycles. The van der Waals surface area contributed by atoms with Crippen LogP contribution in [-0.2, 0) is 11.3 Å². The Morgan fingerprint density at radius 1 is 1.33 bits per heavy atom. The third kappa shape index (κ3) is 5.19. The molecule has 1 amide bonds. The summed E-state index contributed by atoms with van der Waals surface area (Å²) >= 11 is 0. The van der Waals surface area contributed by atoms with Crippen LogP contribution in [0.25, 0.3) is 0 Å². The molecular weight excluding hydrogens is 228 g/mol. The Bertz CT molecular complexity index is 397. The minimum absolute atomic E-state index is 0.0209. The predicted octanol–water partition coefficient (Wildman–Crippen LogP) is 1.69. The van der Waals surface area contributed by atoms with Gasteiger partial charge in [0.25, 0.3) is 5.91 Å². The number of benzene rings is 1. The van der Waals surface area contributed by atoms with E-state index in [1.807, 2.05) is 24.3 Å². The van der Waals surface area contributed by atoms with Crippen molar-refractivity contribution >= 4 is 5.91 Å².